The Labute approximate surface area is 201 Å². The maximum atomic E-state index is 12.8. The van der Waals surface area contributed by atoms with E-state index < -0.39 is 72.6 Å². The van der Waals surface area contributed by atoms with Crippen molar-refractivity contribution in [2.45, 2.75) is 70.1 Å². The summed E-state index contributed by atoms with van der Waals surface area (Å²) in [5.41, 5.74) is 5.61. The Balaban J connectivity index is 5.46. The molecule has 8 N–H and O–H groups in total. The van der Waals surface area contributed by atoms with Crippen LogP contribution in [0.1, 0.15) is 46.0 Å². The van der Waals surface area contributed by atoms with E-state index in [9.17, 15) is 33.9 Å². The number of thioether (sulfide) groups is 1. The lowest BCUT2D eigenvalue weighted by atomic mass is 10.0. The lowest BCUT2D eigenvalue weighted by molar-refractivity contribution is -0.143. The molecule has 13 nitrogen and oxygen atoms in total. The van der Waals surface area contributed by atoms with Crippen molar-refractivity contribution >= 4 is 47.4 Å². The molecule has 0 aliphatic heterocycles. The lowest BCUT2D eigenvalue weighted by Crippen LogP contribution is -2.57. The van der Waals surface area contributed by atoms with Gasteiger partial charge in [0.2, 0.25) is 17.7 Å². The number of carboxylic acid groups (broad SMARTS) is 3. The fourth-order valence-corrected chi connectivity index (χ4v) is 3.28. The molecule has 34 heavy (non-hydrogen) atoms. The topological polar surface area (TPSA) is 225 Å². The minimum Gasteiger partial charge on any atom is -0.481 e. The summed E-state index contributed by atoms with van der Waals surface area (Å²) in [5, 5.41) is 34.1. The average molecular weight is 507 g/mol. The average Bonchev–Trinajstić information content (AvgIpc) is 2.72. The third-order valence-corrected chi connectivity index (χ3v) is 5.23. The van der Waals surface area contributed by atoms with Crippen LogP contribution in [-0.2, 0) is 28.8 Å². The number of carbonyl (C=O) groups excluding carboxylic acids is 3. The van der Waals surface area contributed by atoms with Crippen LogP contribution in [0.2, 0.25) is 0 Å². The number of nitrogens with one attached hydrogen (secondary N) is 3. The van der Waals surface area contributed by atoms with Crippen molar-refractivity contribution in [2.24, 2.45) is 11.7 Å². The molecule has 0 aromatic rings. The van der Waals surface area contributed by atoms with Crippen molar-refractivity contribution < 1.29 is 44.1 Å². The van der Waals surface area contributed by atoms with E-state index in [2.05, 4.69) is 16.0 Å². The number of carbonyl (C=O) groups is 6. The van der Waals surface area contributed by atoms with Crippen LogP contribution < -0.4 is 21.7 Å². The summed E-state index contributed by atoms with van der Waals surface area (Å²) in [4.78, 5) is 71.0. The third-order valence-electron chi connectivity index (χ3n) is 4.58. The van der Waals surface area contributed by atoms with Gasteiger partial charge in [-0.25, -0.2) is 4.79 Å². The molecule has 0 aliphatic carbocycles. The largest absolute Gasteiger partial charge is 0.481 e. The van der Waals surface area contributed by atoms with Crippen molar-refractivity contribution in [2.75, 3.05) is 12.0 Å². The number of carboxylic acids is 3. The summed E-state index contributed by atoms with van der Waals surface area (Å²) in [6.45, 7) is 3.54. The third kappa shape index (κ3) is 13.0. The Morgan fingerprint density at radius 2 is 1.32 bits per heavy atom. The van der Waals surface area contributed by atoms with Gasteiger partial charge in [0.05, 0.1) is 12.5 Å². The fraction of sp³-hybridized carbons (Fsp3) is 0.700. The van der Waals surface area contributed by atoms with Gasteiger partial charge in [0.25, 0.3) is 0 Å². The molecule has 0 saturated carbocycles. The molecule has 0 radical (unpaired) electrons. The van der Waals surface area contributed by atoms with Crippen LogP contribution in [0, 0.1) is 5.92 Å². The summed E-state index contributed by atoms with van der Waals surface area (Å²) in [6, 6.07) is -5.23. The zero-order chi connectivity index (χ0) is 26.4. The van der Waals surface area contributed by atoms with Gasteiger partial charge >= 0.3 is 17.9 Å². The van der Waals surface area contributed by atoms with E-state index in [4.69, 9.17) is 15.9 Å². The van der Waals surface area contributed by atoms with E-state index in [1.165, 1.54) is 11.8 Å². The van der Waals surface area contributed by atoms with Crippen molar-refractivity contribution in [1.82, 2.24) is 16.0 Å². The van der Waals surface area contributed by atoms with Crippen LogP contribution >= 0.6 is 11.8 Å². The SMILES string of the molecule is CSCCC(NC(=O)C(CC(C)C)NC(=O)C(CC(=O)O)NC(=O)C(N)CCC(=O)O)C(=O)O. The Morgan fingerprint density at radius 3 is 1.79 bits per heavy atom. The van der Waals surface area contributed by atoms with E-state index >= 15 is 0 Å². The molecule has 0 spiro atoms. The van der Waals surface area contributed by atoms with Gasteiger partial charge in [-0.1, -0.05) is 13.8 Å². The summed E-state index contributed by atoms with van der Waals surface area (Å²) in [5.74, 6) is -6.09. The van der Waals surface area contributed by atoms with Crippen LogP contribution in [0.3, 0.4) is 0 Å². The first-order valence-electron chi connectivity index (χ1n) is 10.6. The molecule has 3 amide bonds. The van der Waals surface area contributed by atoms with Crippen LogP contribution in [0.4, 0.5) is 0 Å². The molecule has 0 aromatic carbocycles. The number of rotatable bonds is 17. The van der Waals surface area contributed by atoms with Gasteiger partial charge in [-0.3, -0.25) is 24.0 Å². The maximum absolute atomic E-state index is 12.8. The molecule has 194 valence electrons. The van der Waals surface area contributed by atoms with Crippen LogP contribution in [0.5, 0.6) is 0 Å². The van der Waals surface area contributed by atoms with Crippen molar-refractivity contribution in [3.05, 3.63) is 0 Å². The van der Waals surface area contributed by atoms with E-state index in [0.717, 1.165) is 0 Å². The molecule has 0 saturated heterocycles. The Bertz CT molecular complexity index is 748. The minimum absolute atomic E-state index is 0.0949. The van der Waals surface area contributed by atoms with Gasteiger partial charge in [0.1, 0.15) is 18.1 Å². The highest BCUT2D eigenvalue weighted by Gasteiger charge is 2.31. The number of hydrogen-bond donors (Lipinski definition) is 7. The number of nitrogens with two attached hydrogens (primary N) is 1. The fourth-order valence-electron chi connectivity index (χ4n) is 2.81. The van der Waals surface area contributed by atoms with Gasteiger partial charge < -0.3 is 37.0 Å². The first-order valence-corrected chi connectivity index (χ1v) is 12.0. The lowest BCUT2D eigenvalue weighted by Gasteiger charge is -2.25. The molecular formula is C20H34N4O9S. The van der Waals surface area contributed by atoms with Gasteiger partial charge in [-0.2, -0.15) is 11.8 Å². The predicted octanol–water partition coefficient (Wildman–Crippen LogP) is -1.01. The molecule has 0 rings (SSSR count). The van der Waals surface area contributed by atoms with Crippen LogP contribution in [-0.4, -0.2) is 87.1 Å². The maximum Gasteiger partial charge on any atom is 0.326 e. The molecule has 4 atom stereocenters. The molecule has 4 unspecified atom stereocenters. The molecule has 0 bridgehead atoms. The van der Waals surface area contributed by atoms with Gasteiger partial charge in [0.15, 0.2) is 0 Å². The van der Waals surface area contributed by atoms with Gasteiger partial charge in [0, 0.05) is 6.42 Å². The Hall–Kier alpha value is -2.87. The minimum atomic E-state index is -1.59. The first-order chi connectivity index (χ1) is 15.8. The van der Waals surface area contributed by atoms with Crippen molar-refractivity contribution in [1.29, 1.82) is 0 Å². The molecular weight excluding hydrogens is 472 g/mol. The molecule has 14 heteroatoms. The van der Waals surface area contributed by atoms with E-state index in [0.29, 0.717) is 5.75 Å². The summed E-state index contributed by atoms with van der Waals surface area (Å²) < 4.78 is 0. The summed E-state index contributed by atoms with van der Waals surface area (Å²) >= 11 is 1.40. The van der Waals surface area contributed by atoms with E-state index in [1.54, 1.807) is 20.1 Å². The van der Waals surface area contributed by atoms with E-state index in [1.807, 2.05) is 0 Å². The number of hydrogen-bond acceptors (Lipinski definition) is 8. The first kappa shape index (κ1) is 31.1. The zero-order valence-electron chi connectivity index (χ0n) is 19.4. The molecule has 0 heterocycles. The Morgan fingerprint density at radius 1 is 0.794 bits per heavy atom. The summed E-state index contributed by atoms with van der Waals surface area (Å²) in [6.07, 6.45) is 0.627. The van der Waals surface area contributed by atoms with E-state index in [-0.39, 0.29) is 25.2 Å². The predicted molar refractivity (Wildman–Crippen MR) is 123 cm³/mol. The monoisotopic (exact) mass is 506 g/mol. The highest BCUT2D eigenvalue weighted by Crippen LogP contribution is 2.08. The van der Waals surface area contributed by atoms with Gasteiger partial charge in [-0.15, -0.1) is 0 Å². The second-order valence-corrected chi connectivity index (χ2v) is 9.06. The van der Waals surface area contributed by atoms with Gasteiger partial charge in [-0.05, 0) is 37.2 Å². The zero-order valence-corrected chi connectivity index (χ0v) is 20.2. The molecule has 0 aromatic heterocycles. The van der Waals surface area contributed by atoms with Crippen LogP contribution in [0.25, 0.3) is 0 Å². The standard InChI is InChI=1S/C20H34N4O9S/c1-10(2)8-13(18(30)22-12(20(32)33)6-7-34-3)24-19(31)14(9-16(27)28)23-17(29)11(21)4-5-15(25)26/h10-14H,4-9,21H2,1-3H3,(H,22,30)(H,23,29)(H,24,31)(H,25,26)(H,27,28)(H,32,33). The normalized spacial score (nSPS) is 14.4. The highest BCUT2D eigenvalue weighted by molar-refractivity contribution is 7.98. The highest BCUT2D eigenvalue weighted by atomic mass is 32.2. The quantitative estimate of drug-likeness (QED) is 0.126. The second kappa shape index (κ2) is 15.9. The second-order valence-electron chi connectivity index (χ2n) is 8.07. The van der Waals surface area contributed by atoms with Crippen molar-refractivity contribution in [3.8, 4) is 0 Å². The smallest absolute Gasteiger partial charge is 0.326 e. The van der Waals surface area contributed by atoms with Crippen molar-refractivity contribution in [3.63, 3.8) is 0 Å². The van der Waals surface area contributed by atoms with Crippen LogP contribution in [0.15, 0.2) is 0 Å². The number of amides is 3. The molecule has 0 aliphatic rings. The summed E-state index contributed by atoms with van der Waals surface area (Å²) in [7, 11) is 0. The molecule has 0 fully saturated rings. The Kier molecular flexibility index (Phi) is 14.5. The number of aliphatic carboxylic acids is 3.